The van der Waals surface area contributed by atoms with Crippen molar-refractivity contribution < 1.29 is 19.1 Å². The molecule has 0 aliphatic carbocycles. The van der Waals surface area contributed by atoms with Crippen LogP contribution < -0.4 is 19.7 Å². The molecule has 0 radical (unpaired) electrons. The topological polar surface area (TPSA) is 67.9 Å². The number of ether oxygens (including phenoxy) is 2. The molecule has 1 saturated heterocycles. The highest BCUT2D eigenvalue weighted by Crippen LogP contribution is 2.34. The Bertz CT molecular complexity index is 855. The van der Waals surface area contributed by atoms with Crippen LogP contribution in [0.2, 0.25) is 0 Å². The predicted molar refractivity (Wildman–Crippen MR) is 95.8 cm³/mol. The monoisotopic (exact) mass is 402 g/mol. The van der Waals surface area contributed by atoms with Crippen molar-refractivity contribution in [3.8, 4) is 11.5 Å². The summed E-state index contributed by atoms with van der Waals surface area (Å²) in [6.45, 7) is 0.553. The molecule has 6 nitrogen and oxygen atoms in total. The molecule has 0 spiro atoms. The number of hydrogen-bond donors (Lipinski definition) is 1. The van der Waals surface area contributed by atoms with Crippen LogP contribution in [0.15, 0.2) is 46.9 Å². The molecule has 128 valence electrons. The standard InChI is InChI=1S/C18H15BrN2O4/c19-12-2-1-3-14(7-12)21-9-11(6-17(21)22)18(23)20-13-4-5-15-16(8-13)25-10-24-15/h1-5,7-8,11H,6,9-10H2,(H,20,23)/t11-/m1/s1. The summed E-state index contributed by atoms with van der Waals surface area (Å²) in [5, 5.41) is 2.85. The molecule has 1 atom stereocenters. The van der Waals surface area contributed by atoms with Crippen molar-refractivity contribution in [3.05, 3.63) is 46.9 Å². The fraction of sp³-hybridized carbons (Fsp3) is 0.222. The maximum absolute atomic E-state index is 12.5. The summed E-state index contributed by atoms with van der Waals surface area (Å²) in [5.74, 6) is 0.650. The van der Waals surface area contributed by atoms with Gasteiger partial charge in [-0.3, -0.25) is 9.59 Å². The Morgan fingerprint density at radius 3 is 2.84 bits per heavy atom. The zero-order valence-electron chi connectivity index (χ0n) is 13.2. The van der Waals surface area contributed by atoms with Crippen molar-refractivity contribution in [1.29, 1.82) is 0 Å². The van der Waals surface area contributed by atoms with Gasteiger partial charge in [0.05, 0.1) is 5.92 Å². The fourth-order valence-corrected chi connectivity index (χ4v) is 3.38. The molecule has 2 aliphatic rings. The molecule has 7 heteroatoms. The van der Waals surface area contributed by atoms with Crippen LogP contribution >= 0.6 is 15.9 Å². The van der Waals surface area contributed by atoms with Crippen molar-refractivity contribution in [2.75, 3.05) is 23.6 Å². The quantitative estimate of drug-likeness (QED) is 0.855. The lowest BCUT2D eigenvalue weighted by Crippen LogP contribution is -2.28. The average molecular weight is 403 g/mol. The van der Waals surface area contributed by atoms with E-state index in [4.69, 9.17) is 9.47 Å². The van der Waals surface area contributed by atoms with Crippen molar-refractivity contribution in [3.63, 3.8) is 0 Å². The first-order valence-electron chi connectivity index (χ1n) is 7.86. The van der Waals surface area contributed by atoms with E-state index in [-0.39, 0.29) is 25.0 Å². The third-order valence-corrected chi connectivity index (χ3v) is 4.75. The number of nitrogens with zero attached hydrogens (tertiary/aromatic N) is 1. The maximum Gasteiger partial charge on any atom is 0.231 e. The lowest BCUT2D eigenvalue weighted by atomic mass is 10.1. The zero-order chi connectivity index (χ0) is 17.4. The van der Waals surface area contributed by atoms with E-state index in [0.717, 1.165) is 10.2 Å². The van der Waals surface area contributed by atoms with E-state index in [1.54, 1.807) is 23.1 Å². The lowest BCUT2D eigenvalue weighted by molar-refractivity contribution is -0.122. The first-order valence-corrected chi connectivity index (χ1v) is 8.66. The number of carbonyl (C=O) groups excluding carboxylic acids is 2. The summed E-state index contributed by atoms with van der Waals surface area (Å²) in [7, 11) is 0. The van der Waals surface area contributed by atoms with Crippen LogP contribution in [0.1, 0.15) is 6.42 Å². The molecule has 1 N–H and O–H groups in total. The second-order valence-corrected chi connectivity index (χ2v) is 6.86. The number of hydrogen-bond acceptors (Lipinski definition) is 4. The summed E-state index contributed by atoms with van der Waals surface area (Å²) >= 11 is 3.40. The van der Waals surface area contributed by atoms with Gasteiger partial charge in [-0.2, -0.15) is 0 Å². The SMILES string of the molecule is O=C(Nc1ccc2c(c1)OCO2)[C@@H]1CC(=O)N(c2cccc(Br)c2)C1. The van der Waals surface area contributed by atoms with Crippen LogP contribution in [0, 0.1) is 5.92 Å². The van der Waals surface area contributed by atoms with E-state index < -0.39 is 5.92 Å². The maximum atomic E-state index is 12.5. The van der Waals surface area contributed by atoms with Gasteiger partial charge in [0, 0.05) is 34.9 Å². The van der Waals surface area contributed by atoms with Gasteiger partial charge >= 0.3 is 0 Å². The largest absolute Gasteiger partial charge is 0.454 e. The van der Waals surface area contributed by atoms with Gasteiger partial charge in [0.15, 0.2) is 11.5 Å². The molecule has 0 unspecified atom stereocenters. The Labute approximate surface area is 152 Å². The molecule has 2 aromatic carbocycles. The summed E-state index contributed by atoms with van der Waals surface area (Å²) in [4.78, 5) is 26.5. The van der Waals surface area contributed by atoms with Crippen molar-refractivity contribution in [1.82, 2.24) is 0 Å². The molecule has 0 aromatic heterocycles. The number of benzene rings is 2. The Morgan fingerprint density at radius 2 is 2.00 bits per heavy atom. The van der Waals surface area contributed by atoms with Gasteiger partial charge in [-0.1, -0.05) is 22.0 Å². The van der Waals surface area contributed by atoms with Crippen LogP contribution in [-0.4, -0.2) is 25.2 Å². The normalized spacial score (nSPS) is 18.5. The average Bonchev–Trinajstić information content (AvgIpc) is 3.20. The van der Waals surface area contributed by atoms with Crippen LogP contribution in [0.3, 0.4) is 0 Å². The van der Waals surface area contributed by atoms with Gasteiger partial charge in [-0.25, -0.2) is 0 Å². The Morgan fingerprint density at radius 1 is 1.16 bits per heavy atom. The van der Waals surface area contributed by atoms with Gasteiger partial charge < -0.3 is 19.7 Å². The minimum Gasteiger partial charge on any atom is -0.454 e. The minimum atomic E-state index is -0.392. The molecular weight excluding hydrogens is 388 g/mol. The molecule has 4 rings (SSSR count). The molecule has 0 saturated carbocycles. The molecule has 2 amide bonds. The van der Waals surface area contributed by atoms with Crippen LogP contribution in [0.25, 0.3) is 0 Å². The first-order chi connectivity index (χ1) is 12.1. The number of carbonyl (C=O) groups is 2. The number of amides is 2. The van der Waals surface area contributed by atoms with Crippen molar-refractivity contribution in [2.45, 2.75) is 6.42 Å². The lowest BCUT2D eigenvalue weighted by Gasteiger charge is -2.17. The van der Waals surface area contributed by atoms with E-state index in [2.05, 4.69) is 21.2 Å². The third-order valence-electron chi connectivity index (χ3n) is 4.26. The predicted octanol–water partition coefficient (Wildman–Crippen LogP) is 3.17. The second-order valence-electron chi connectivity index (χ2n) is 5.94. The number of nitrogens with one attached hydrogen (secondary N) is 1. The van der Waals surface area contributed by atoms with Gasteiger partial charge in [0.2, 0.25) is 18.6 Å². The van der Waals surface area contributed by atoms with Crippen molar-refractivity contribution >= 4 is 39.1 Å². The van der Waals surface area contributed by atoms with E-state index in [9.17, 15) is 9.59 Å². The second kappa shape index (κ2) is 6.40. The minimum absolute atomic E-state index is 0.0519. The van der Waals surface area contributed by atoms with Gasteiger partial charge in [-0.05, 0) is 30.3 Å². The van der Waals surface area contributed by atoms with E-state index >= 15 is 0 Å². The van der Waals surface area contributed by atoms with Crippen LogP contribution in [0.4, 0.5) is 11.4 Å². The highest BCUT2D eigenvalue weighted by atomic mass is 79.9. The number of rotatable bonds is 3. The zero-order valence-corrected chi connectivity index (χ0v) is 14.8. The Balaban J connectivity index is 1.45. The van der Waals surface area contributed by atoms with Gasteiger partial charge in [0.1, 0.15) is 0 Å². The number of halogens is 1. The van der Waals surface area contributed by atoms with Gasteiger partial charge in [0.25, 0.3) is 0 Å². The summed E-state index contributed by atoms with van der Waals surface area (Å²) in [6.07, 6.45) is 0.197. The number of anilines is 2. The highest BCUT2D eigenvalue weighted by molar-refractivity contribution is 9.10. The molecule has 25 heavy (non-hydrogen) atoms. The summed E-state index contributed by atoms with van der Waals surface area (Å²) in [5.41, 5.74) is 1.42. The molecule has 2 aromatic rings. The fourth-order valence-electron chi connectivity index (χ4n) is 3.00. The van der Waals surface area contributed by atoms with Crippen LogP contribution in [0.5, 0.6) is 11.5 Å². The smallest absolute Gasteiger partial charge is 0.231 e. The summed E-state index contributed by atoms with van der Waals surface area (Å²) in [6, 6.07) is 12.7. The van der Waals surface area contributed by atoms with E-state index in [0.29, 0.717) is 23.7 Å². The van der Waals surface area contributed by atoms with E-state index in [1.165, 1.54) is 0 Å². The molecule has 2 heterocycles. The van der Waals surface area contributed by atoms with Gasteiger partial charge in [-0.15, -0.1) is 0 Å². The number of fused-ring (bicyclic) bond motifs is 1. The first kappa shape index (κ1) is 16.0. The van der Waals surface area contributed by atoms with Crippen LogP contribution in [-0.2, 0) is 9.59 Å². The molecule has 1 fully saturated rings. The van der Waals surface area contributed by atoms with E-state index in [1.807, 2.05) is 24.3 Å². The Hall–Kier alpha value is -2.54. The third kappa shape index (κ3) is 3.19. The summed E-state index contributed by atoms with van der Waals surface area (Å²) < 4.78 is 11.5. The molecule has 0 bridgehead atoms. The Kier molecular flexibility index (Phi) is 4.09. The van der Waals surface area contributed by atoms with Crippen molar-refractivity contribution in [2.24, 2.45) is 5.92 Å². The highest BCUT2D eigenvalue weighted by Gasteiger charge is 2.35. The molecule has 2 aliphatic heterocycles. The molecular formula is C18H15BrN2O4.